The molecule has 0 saturated carbocycles. The molecule has 1 aliphatic rings. The Morgan fingerprint density at radius 1 is 1.38 bits per heavy atom. The molecule has 3 nitrogen and oxygen atoms in total. The quantitative estimate of drug-likeness (QED) is 0.653. The van der Waals surface area contributed by atoms with Gasteiger partial charge in [0, 0.05) is 5.92 Å². The van der Waals surface area contributed by atoms with E-state index in [4.69, 9.17) is 14.9 Å². The van der Waals surface area contributed by atoms with Crippen molar-refractivity contribution in [3.8, 4) is 0 Å². The van der Waals surface area contributed by atoms with Gasteiger partial charge in [-0.1, -0.05) is 20.3 Å². The van der Waals surface area contributed by atoms with Crippen LogP contribution in [0.25, 0.3) is 0 Å². The lowest BCUT2D eigenvalue weighted by Gasteiger charge is -2.17. The SMILES string of the molecule is CCCC1CC(C(O)O)C(CC)O1. The van der Waals surface area contributed by atoms with Crippen LogP contribution in [0.5, 0.6) is 0 Å². The van der Waals surface area contributed by atoms with Crippen LogP contribution in [0.3, 0.4) is 0 Å². The van der Waals surface area contributed by atoms with E-state index in [0.29, 0.717) is 0 Å². The third kappa shape index (κ3) is 2.66. The van der Waals surface area contributed by atoms with E-state index in [1.807, 2.05) is 6.92 Å². The van der Waals surface area contributed by atoms with E-state index in [2.05, 4.69) is 6.92 Å². The Morgan fingerprint density at radius 3 is 2.46 bits per heavy atom. The molecule has 0 aromatic heterocycles. The molecule has 78 valence electrons. The number of ether oxygens (including phenoxy) is 1. The fourth-order valence-electron chi connectivity index (χ4n) is 2.08. The molecule has 0 aliphatic carbocycles. The largest absolute Gasteiger partial charge is 0.374 e. The molecule has 13 heavy (non-hydrogen) atoms. The van der Waals surface area contributed by atoms with Gasteiger partial charge in [-0.25, -0.2) is 0 Å². The second kappa shape index (κ2) is 4.94. The van der Waals surface area contributed by atoms with Gasteiger partial charge in [-0.05, 0) is 19.3 Å². The zero-order chi connectivity index (χ0) is 9.84. The van der Waals surface area contributed by atoms with Crippen LogP contribution < -0.4 is 0 Å². The number of rotatable bonds is 4. The van der Waals surface area contributed by atoms with Gasteiger partial charge in [0.1, 0.15) is 0 Å². The van der Waals surface area contributed by atoms with Gasteiger partial charge in [0.15, 0.2) is 6.29 Å². The molecule has 1 rings (SSSR count). The molecule has 2 N–H and O–H groups in total. The van der Waals surface area contributed by atoms with E-state index in [-0.39, 0.29) is 18.1 Å². The zero-order valence-electron chi connectivity index (χ0n) is 8.44. The number of hydrogen-bond donors (Lipinski definition) is 2. The van der Waals surface area contributed by atoms with Crippen LogP contribution in [0.1, 0.15) is 39.5 Å². The predicted molar refractivity (Wildman–Crippen MR) is 50.2 cm³/mol. The molecule has 1 saturated heterocycles. The van der Waals surface area contributed by atoms with E-state index >= 15 is 0 Å². The lowest BCUT2D eigenvalue weighted by Crippen LogP contribution is -2.27. The minimum atomic E-state index is -1.22. The van der Waals surface area contributed by atoms with Crippen molar-refractivity contribution in [3.05, 3.63) is 0 Å². The minimum Gasteiger partial charge on any atom is -0.374 e. The zero-order valence-corrected chi connectivity index (χ0v) is 8.44. The van der Waals surface area contributed by atoms with Crippen LogP contribution in [-0.2, 0) is 4.74 Å². The summed E-state index contributed by atoms with van der Waals surface area (Å²) in [6.45, 7) is 4.14. The molecule has 3 heteroatoms. The maximum absolute atomic E-state index is 9.12. The van der Waals surface area contributed by atoms with Gasteiger partial charge in [-0.3, -0.25) is 0 Å². The first-order chi connectivity index (χ1) is 6.19. The van der Waals surface area contributed by atoms with Gasteiger partial charge in [0.2, 0.25) is 0 Å². The highest BCUT2D eigenvalue weighted by molar-refractivity contribution is 4.82. The monoisotopic (exact) mass is 188 g/mol. The summed E-state index contributed by atoms with van der Waals surface area (Å²) in [6.07, 6.45) is 2.84. The van der Waals surface area contributed by atoms with E-state index < -0.39 is 6.29 Å². The first-order valence-electron chi connectivity index (χ1n) is 5.20. The Hall–Kier alpha value is -0.120. The average molecular weight is 188 g/mol. The summed E-state index contributed by atoms with van der Waals surface area (Å²) in [5.74, 6) is -0.0819. The summed E-state index contributed by atoms with van der Waals surface area (Å²) in [5.41, 5.74) is 0. The summed E-state index contributed by atoms with van der Waals surface area (Å²) < 4.78 is 5.70. The molecule has 1 fully saturated rings. The normalized spacial score (nSPS) is 34.4. The number of aliphatic hydroxyl groups is 2. The van der Waals surface area contributed by atoms with Crippen LogP contribution >= 0.6 is 0 Å². The lowest BCUT2D eigenvalue weighted by molar-refractivity contribution is -0.103. The second-order valence-electron chi connectivity index (χ2n) is 3.81. The third-order valence-corrected chi connectivity index (χ3v) is 2.78. The molecule has 0 amide bonds. The van der Waals surface area contributed by atoms with E-state index in [1.54, 1.807) is 0 Å². The molecule has 0 bridgehead atoms. The highest BCUT2D eigenvalue weighted by Gasteiger charge is 2.37. The van der Waals surface area contributed by atoms with Crippen LogP contribution in [0.2, 0.25) is 0 Å². The van der Waals surface area contributed by atoms with Gasteiger partial charge in [0.25, 0.3) is 0 Å². The fourth-order valence-corrected chi connectivity index (χ4v) is 2.08. The van der Waals surface area contributed by atoms with Crippen LogP contribution in [0.15, 0.2) is 0 Å². The maximum atomic E-state index is 9.12. The summed E-state index contributed by atoms with van der Waals surface area (Å²) in [4.78, 5) is 0. The third-order valence-electron chi connectivity index (χ3n) is 2.78. The molecule has 0 aromatic rings. The van der Waals surface area contributed by atoms with Crippen molar-refractivity contribution in [2.75, 3.05) is 0 Å². The Bertz CT molecular complexity index is 147. The minimum absolute atomic E-state index is 0.0385. The van der Waals surface area contributed by atoms with Crippen molar-refractivity contribution in [1.82, 2.24) is 0 Å². The average Bonchev–Trinajstić information content (AvgIpc) is 2.48. The molecular formula is C10H20O3. The number of aliphatic hydroxyl groups excluding tert-OH is 1. The highest BCUT2D eigenvalue weighted by Crippen LogP contribution is 2.32. The Morgan fingerprint density at radius 2 is 2.08 bits per heavy atom. The molecular weight excluding hydrogens is 168 g/mol. The lowest BCUT2D eigenvalue weighted by atomic mass is 9.96. The summed E-state index contributed by atoms with van der Waals surface area (Å²) in [7, 11) is 0. The van der Waals surface area contributed by atoms with Crippen molar-refractivity contribution < 1.29 is 14.9 Å². The van der Waals surface area contributed by atoms with E-state index in [1.165, 1.54) is 0 Å². The van der Waals surface area contributed by atoms with Crippen molar-refractivity contribution in [3.63, 3.8) is 0 Å². The van der Waals surface area contributed by atoms with Crippen LogP contribution in [0, 0.1) is 5.92 Å². The molecule has 0 radical (unpaired) electrons. The molecule has 1 aliphatic heterocycles. The Labute approximate surface area is 79.7 Å². The second-order valence-corrected chi connectivity index (χ2v) is 3.81. The van der Waals surface area contributed by atoms with Gasteiger partial charge in [0.05, 0.1) is 12.2 Å². The van der Waals surface area contributed by atoms with Crippen molar-refractivity contribution >= 4 is 0 Å². The smallest absolute Gasteiger partial charge is 0.156 e. The highest BCUT2D eigenvalue weighted by atomic mass is 16.5. The standard InChI is InChI=1S/C10H20O3/c1-3-5-7-6-8(10(11)12)9(4-2)13-7/h7-12H,3-6H2,1-2H3. The van der Waals surface area contributed by atoms with Gasteiger partial charge < -0.3 is 14.9 Å². The fraction of sp³-hybridized carbons (Fsp3) is 1.00. The predicted octanol–water partition coefficient (Wildman–Crippen LogP) is 1.28. The van der Waals surface area contributed by atoms with E-state index in [9.17, 15) is 0 Å². The molecule has 1 heterocycles. The van der Waals surface area contributed by atoms with Crippen molar-refractivity contribution in [2.45, 2.75) is 58.0 Å². The topological polar surface area (TPSA) is 49.7 Å². The summed E-state index contributed by atoms with van der Waals surface area (Å²) in [5, 5.41) is 18.2. The molecule has 0 aromatic carbocycles. The van der Waals surface area contributed by atoms with Crippen molar-refractivity contribution in [2.24, 2.45) is 5.92 Å². The van der Waals surface area contributed by atoms with Crippen molar-refractivity contribution in [1.29, 1.82) is 0 Å². The van der Waals surface area contributed by atoms with Gasteiger partial charge in [-0.2, -0.15) is 0 Å². The first kappa shape index (κ1) is 11.0. The number of hydrogen-bond acceptors (Lipinski definition) is 3. The first-order valence-corrected chi connectivity index (χ1v) is 5.20. The van der Waals surface area contributed by atoms with Crippen LogP contribution in [-0.4, -0.2) is 28.7 Å². The summed E-state index contributed by atoms with van der Waals surface area (Å²) in [6, 6.07) is 0. The molecule has 0 spiro atoms. The van der Waals surface area contributed by atoms with Gasteiger partial charge in [-0.15, -0.1) is 0 Å². The Kier molecular flexibility index (Phi) is 4.16. The van der Waals surface area contributed by atoms with Gasteiger partial charge >= 0.3 is 0 Å². The Balaban J connectivity index is 2.46. The molecule has 3 unspecified atom stereocenters. The summed E-state index contributed by atoms with van der Waals surface area (Å²) >= 11 is 0. The van der Waals surface area contributed by atoms with Crippen LogP contribution in [0.4, 0.5) is 0 Å². The maximum Gasteiger partial charge on any atom is 0.156 e. The molecule has 3 atom stereocenters. The van der Waals surface area contributed by atoms with E-state index in [0.717, 1.165) is 25.7 Å².